The van der Waals surface area contributed by atoms with E-state index in [1.165, 1.54) is 11.4 Å². The zero-order valence-electron chi connectivity index (χ0n) is 13.4. The number of hydrogen-bond donors (Lipinski definition) is 2. The summed E-state index contributed by atoms with van der Waals surface area (Å²) in [5, 5.41) is 8.91. The van der Waals surface area contributed by atoms with Gasteiger partial charge in [0.2, 0.25) is 0 Å². The van der Waals surface area contributed by atoms with Crippen LogP contribution in [0.25, 0.3) is 0 Å². The Labute approximate surface area is 143 Å². The minimum absolute atomic E-state index is 0.106. The first kappa shape index (κ1) is 17.6. The number of carbonyl (C=O) groups excluding carboxylic acids is 1. The highest BCUT2D eigenvalue weighted by atomic mass is 32.2. The number of carboxylic acid groups (broad SMARTS) is 1. The van der Waals surface area contributed by atoms with E-state index in [1.807, 2.05) is 4.72 Å². The van der Waals surface area contributed by atoms with Crippen molar-refractivity contribution < 1.29 is 32.2 Å². The van der Waals surface area contributed by atoms with E-state index in [9.17, 15) is 22.4 Å². The highest BCUT2D eigenvalue weighted by Gasteiger charge is 2.46. The Hall–Kier alpha value is -2.20. The summed E-state index contributed by atoms with van der Waals surface area (Å²) >= 11 is 0. The molecule has 0 saturated heterocycles. The molecule has 0 atom stereocenters. The van der Waals surface area contributed by atoms with Crippen molar-refractivity contribution in [3.05, 3.63) is 29.1 Å². The van der Waals surface area contributed by atoms with E-state index >= 15 is 0 Å². The van der Waals surface area contributed by atoms with Crippen molar-refractivity contribution in [2.75, 3.05) is 7.11 Å². The summed E-state index contributed by atoms with van der Waals surface area (Å²) in [6, 6.07) is 1.29. The molecule has 3 rings (SSSR count). The molecule has 0 unspecified atom stereocenters. The molecule has 10 heteroatoms. The molecule has 2 aliphatic rings. The monoisotopic (exact) mass is 372 g/mol. The molecule has 1 aromatic carbocycles. The number of hydrogen-bond acceptors (Lipinski definition) is 5. The second-order valence-corrected chi connectivity index (χ2v) is 7.64. The highest BCUT2D eigenvalue weighted by Crippen LogP contribution is 2.39. The molecule has 136 valence electrons. The summed E-state index contributed by atoms with van der Waals surface area (Å²) in [4.78, 5) is 23.3. The van der Waals surface area contributed by atoms with Crippen molar-refractivity contribution in [2.45, 2.75) is 37.8 Å². The smallest absolute Gasteiger partial charge is 0.338 e. The van der Waals surface area contributed by atoms with Crippen LogP contribution in [0.3, 0.4) is 0 Å². The van der Waals surface area contributed by atoms with Gasteiger partial charge in [-0.25, -0.2) is 13.9 Å². The van der Waals surface area contributed by atoms with E-state index in [0.29, 0.717) is 6.07 Å². The van der Waals surface area contributed by atoms with Crippen molar-refractivity contribution in [1.82, 2.24) is 9.03 Å². The summed E-state index contributed by atoms with van der Waals surface area (Å²) in [6.07, 6.45) is 2.99. The molecule has 25 heavy (non-hydrogen) atoms. The average molecular weight is 372 g/mol. The Morgan fingerprint density at radius 3 is 2.20 bits per heavy atom. The van der Waals surface area contributed by atoms with Crippen LogP contribution in [0.4, 0.5) is 4.39 Å². The third-order valence-electron chi connectivity index (χ3n) is 4.08. The first-order valence-electron chi connectivity index (χ1n) is 7.71. The van der Waals surface area contributed by atoms with Crippen molar-refractivity contribution in [3.63, 3.8) is 0 Å². The molecule has 1 amide bonds. The molecule has 1 aromatic rings. The van der Waals surface area contributed by atoms with E-state index in [1.54, 1.807) is 0 Å². The maximum atomic E-state index is 13.9. The third-order valence-corrected chi connectivity index (χ3v) is 5.67. The van der Waals surface area contributed by atoms with E-state index in [2.05, 4.69) is 0 Å². The lowest BCUT2D eigenvalue weighted by atomic mass is 10.1. The molecule has 2 fully saturated rings. The van der Waals surface area contributed by atoms with Gasteiger partial charge in [-0.3, -0.25) is 4.79 Å². The molecule has 2 N–H and O–H groups in total. The topological polar surface area (TPSA) is 113 Å². The number of carbonyl (C=O) groups is 2. The lowest BCUT2D eigenvalue weighted by Crippen LogP contribution is -2.45. The van der Waals surface area contributed by atoms with Crippen LogP contribution in [-0.2, 0) is 10.2 Å². The highest BCUT2D eigenvalue weighted by molar-refractivity contribution is 7.87. The SMILES string of the molecule is COc1cc(C(=O)O)c(F)cc1C(=O)NS(=O)(=O)N(C1CC1)C1CC1. The summed E-state index contributed by atoms with van der Waals surface area (Å²) in [6.45, 7) is 0. The number of amides is 1. The van der Waals surface area contributed by atoms with Gasteiger partial charge in [-0.2, -0.15) is 12.7 Å². The van der Waals surface area contributed by atoms with Crippen LogP contribution in [0.5, 0.6) is 5.75 Å². The number of rotatable bonds is 7. The fourth-order valence-electron chi connectivity index (χ4n) is 2.64. The number of nitrogens with one attached hydrogen (secondary N) is 1. The standard InChI is InChI=1S/C15H17FN2O6S/c1-24-13-7-10(15(20)21)12(16)6-11(13)14(19)17-25(22,23)18(8-2-3-8)9-4-5-9/h6-9H,2-5H2,1H3,(H,17,19)(H,20,21). The average Bonchev–Trinajstić information content (AvgIpc) is 3.41. The lowest BCUT2D eigenvalue weighted by molar-refractivity contribution is 0.0690. The Morgan fingerprint density at radius 2 is 1.76 bits per heavy atom. The second-order valence-electron chi connectivity index (χ2n) is 6.07. The van der Waals surface area contributed by atoms with E-state index < -0.39 is 33.5 Å². The zero-order valence-corrected chi connectivity index (χ0v) is 14.2. The van der Waals surface area contributed by atoms with Gasteiger partial charge in [0.25, 0.3) is 5.91 Å². The van der Waals surface area contributed by atoms with Crippen LogP contribution < -0.4 is 9.46 Å². The summed E-state index contributed by atoms with van der Waals surface area (Å²) in [5.74, 6) is -3.98. The van der Waals surface area contributed by atoms with Gasteiger partial charge in [0.05, 0.1) is 18.2 Å². The van der Waals surface area contributed by atoms with Gasteiger partial charge in [0, 0.05) is 12.1 Å². The van der Waals surface area contributed by atoms with Crippen LogP contribution in [0, 0.1) is 5.82 Å². The quantitative estimate of drug-likeness (QED) is 0.742. The van der Waals surface area contributed by atoms with Gasteiger partial charge in [-0.15, -0.1) is 0 Å². The van der Waals surface area contributed by atoms with E-state index in [-0.39, 0.29) is 23.4 Å². The molecule has 0 spiro atoms. The minimum Gasteiger partial charge on any atom is -0.496 e. The van der Waals surface area contributed by atoms with E-state index in [4.69, 9.17) is 9.84 Å². The maximum absolute atomic E-state index is 13.9. The Balaban J connectivity index is 1.87. The first-order valence-corrected chi connectivity index (χ1v) is 9.15. The summed E-state index contributed by atoms with van der Waals surface area (Å²) in [7, 11) is -2.90. The summed E-state index contributed by atoms with van der Waals surface area (Å²) in [5.41, 5.74) is -1.06. The predicted molar refractivity (Wildman–Crippen MR) is 84.2 cm³/mol. The lowest BCUT2D eigenvalue weighted by Gasteiger charge is -2.21. The number of carboxylic acids is 1. The van der Waals surface area contributed by atoms with Crippen LogP contribution >= 0.6 is 0 Å². The molecule has 2 aliphatic carbocycles. The molecule has 8 nitrogen and oxygen atoms in total. The zero-order chi connectivity index (χ0) is 18.4. The van der Waals surface area contributed by atoms with Crippen molar-refractivity contribution in [2.24, 2.45) is 0 Å². The third kappa shape index (κ3) is 3.59. The van der Waals surface area contributed by atoms with Crippen LogP contribution in [-0.4, -0.2) is 48.9 Å². The summed E-state index contributed by atoms with van der Waals surface area (Å²) < 4.78 is 47.0. The number of benzene rings is 1. The molecule has 2 saturated carbocycles. The molecule has 0 bridgehead atoms. The molecule has 0 radical (unpaired) electrons. The second kappa shape index (κ2) is 6.26. The fourth-order valence-corrected chi connectivity index (χ4v) is 4.29. The number of aromatic carboxylic acids is 1. The first-order chi connectivity index (χ1) is 11.7. The predicted octanol–water partition coefficient (Wildman–Crippen LogP) is 1.13. The fraction of sp³-hybridized carbons (Fsp3) is 0.467. The van der Waals surface area contributed by atoms with Gasteiger partial charge in [-0.1, -0.05) is 0 Å². The van der Waals surface area contributed by atoms with Gasteiger partial charge in [0.15, 0.2) is 0 Å². The molecule has 0 aromatic heterocycles. The Kier molecular flexibility index (Phi) is 4.41. The Morgan fingerprint density at radius 1 is 1.20 bits per heavy atom. The van der Waals surface area contributed by atoms with Crippen molar-refractivity contribution in [1.29, 1.82) is 0 Å². The van der Waals surface area contributed by atoms with Gasteiger partial charge >= 0.3 is 16.2 Å². The van der Waals surface area contributed by atoms with Gasteiger partial charge in [-0.05, 0) is 37.8 Å². The number of ether oxygens (including phenoxy) is 1. The Bertz CT molecular complexity index is 821. The molecule has 0 heterocycles. The number of nitrogens with zero attached hydrogens (tertiary/aromatic N) is 1. The minimum atomic E-state index is -4.07. The van der Waals surface area contributed by atoms with Crippen LogP contribution in [0.1, 0.15) is 46.4 Å². The normalized spacial score (nSPS) is 17.4. The van der Waals surface area contributed by atoms with Gasteiger partial charge in [0.1, 0.15) is 11.6 Å². The van der Waals surface area contributed by atoms with Crippen molar-refractivity contribution in [3.8, 4) is 5.75 Å². The molecular weight excluding hydrogens is 355 g/mol. The van der Waals surface area contributed by atoms with Crippen molar-refractivity contribution >= 4 is 22.1 Å². The maximum Gasteiger partial charge on any atom is 0.338 e. The number of methoxy groups -OCH3 is 1. The number of halogens is 1. The van der Waals surface area contributed by atoms with Crippen LogP contribution in [0.15, 0.2) is 12.1 Å². The molecule has 0 aliphatic heterocycles. The van der Waals surface area contributed by atoms with E-state index in [0.717, 1.165) is 31.7 Å². The molecular formula is C15H17FN2O6S. The van der Waals surface area contributed by atoms with Crippen LogP contribution in [0.2, 0.25) is 0 Å². The largest absolute Gasteiger partial charge is 0.496 e. The van der Waals surface area contributed by atoms with Gasteiger partial charge < -0.3 is 9.84 Å².